The van der Waals surface area contributed by atoms with E-state index in [0.29, 0.717) is 5.57 Å². The Kier molecular flexibility index (Phi) is 9.05. The molecule has 0 N–H and O–H groups in total. The Morgan fingerprint density at radius 2 is 1.57 bits per heavy atom. The molecule has 3 rings (SSSR count). The summed E-state index contributed by atoms with van der Waals surface area (Å²) in [5.74, 6) is -4.19. The van der Waals surface area contributed by atoms with Crippen molar-refractivity contribution in [3.8, 4) is 0 Å². The molecule has 0 amide bonds. The molecule has 7 unspecified atom stereocenters. The fraction of sp³-hybridized carbons (Fsp3) is 0.542. The van der Waals surface area contributed by atoms with Crippen molar-refractivity contribution in [2.45, 2.75) is 64.7 Å². The molecule has 0 aromatic rings. The van der Waals surface area contributed by atoms with Crippen molar-refractivity contribution >= 4 is 29.8 Å². The summed E-state index contributed by atoms with van der Waals surface area (Å²) in [6, 6.07) is 0. The highest BCUT2D eigenvalue weighted by Gasteiger charge is 2.54. The van der Waals surface area contributed by atoms with Gasteiger partial charge in [-0.25, -0.2) is 4.79 Å². The molecule has 1 saturated heterocycles. The van der Waals surface area contributed by atoms with Crippen LogP contribution in [-0.2, 0) is 61.9 Å². The first-order chi connectivity index (χ1) is 17.5. The van der Waals surface area contributed by atoms with E-state index in [1.165, 1.54) is 19.3 Å². The first-order valence-electron chi connectivity index (χ1n) is 11.3. The molecule has 3 heterocycles. The molecule has 0 bridgehead atoms. The minimum absolute atomic E-state index is 0.0433. The lowest BCUT2D eigenvalue weighted by Gasteiger charge is -2.45. The molecule has 0 aliphatic carbocycles. The summed E-state index contributed by atoms with van der Waals surface area (Å²) in [6.45, 7) is 7.93. The highest BCUT2D eigenvalue weighted by atomic mass is 16.8. The normalized spacial score (nSPS) is 30.7. The smallest absolute Gasteiger partial charge is 0.341 e. The van der Waals surface area contributed by atoms with Crippen molar-refractivity contribution < 1.29 is 61.9 Å². The van der Waals surface area contributed by atoms with Crippen LogP contribution in [-0.4, -0.2) is 80.1 Å². The summed E-state index contributed by atoms with van der Waals surface area (Å²) in [7, 11) is 0. The molecule has 13 nitrogen and oxygen atoms in total. The van der Waals surface area contributed by atoms with Gasteiger partial charge in [0.05, 0.1) is 11.5 Å². The molecule has 0 saturated carbocycles. The summed E-state index contributed by atoms with van der Waals surface area (Å²) in [4.78, 5) is 59.4. The van der Waals surface area contributed by atoms with Gasteiger partial charge in [-0.05, 0) is 11.6 Å². The van der Waals surface area contributed by atoms with E-state index in [4.69, 9.17) is 37.9 Å². The van der Waals surface area contributed by atoms with E-state index in [2.05, 4.69) is 6.58 Å². The molecule has 0 spiro atoms. The maximum Gasteiger partial charge on any atom is 0.341 e. The zero-order valence-corrected chi connectivity index (χ0v) is 20.7. The lowest BCUT2D eigenvalue weighted by molar-refractivity contribution is -0.339. The van der Waals surface area contributed by atoms with Crippen LogP contribution in [0.4, 0.5) is 0 Å². The first-order valence-corrected chi connectivity index (χ1v) is 11.3. The molecular formula is C24H28O13. The number of carbonyl (C=O) groups excluding carboxylic acids is 5. The SMILES string of the molecule is C=CC1C2=CCOC(=O)C2=COC1OC1OC(COC(C)=O)C(OC(C)=O)C(OC(C)=O)C1OC(C)=O. The molecule has 0 aromatic carbocycles. The molecule has 37 heavy (non-hydrogen) atoms. The Labute approximate surface area is 212 Å². The maximum absolute atomic E-state index is 12.1. The first kappa shape index (κ1) is 27.9. The van der Waals surface area contributed by atoms with Crippen LogP contribution < -0.4 is 0 Å². The number of hydrogen-bond donors (Lipinski definition) is 0. The molecule has 0 aromatic heterocycles. The summed E-state index contributed by atoms with van der Waals surface area (Å²) in [5, 5.41) is 0. The molecule has 13 heteroatoms. The van der Waals surface area contributed by atoms with Gasteiger partial charge < -0.3 is 37.9 Å². The number of cyclic esters (lactones) is 1. The standard InChI is InChI=1S/C24H28O13/c1-6-15-16-7-8-30-22(29)17(16)9-32-23(15)37-24-21(35-14(5)28)20(34-13(4)27)19(33-12(3)26)18(36-24)10-31-11(2)25/h6-7,9,15,18-21,23-24H,1,8,10H2,2-5H3. The third-order valence-electron chi connectivity index (χ3n) is 5.49. The Morgan fingerprint density at radius 3 is 2.16 bits per heavy atom. The molecule has 7 atom stereocenters. The van der Waals surface area contributed by atoms with E-state index >= 15 is 0 Å². The summed E-state index contributed by atoms with van der Waals surface area (Å²) < 4.78 is 43.7. The van der Waals surface area contributed by atoms with Crippen LogP contribution in [0.1, 0.15) is 27.7 Å². The zero-order chi connectivity index (χ0) is 27.3. The van der Waals surface area contributed by atoms with E-state index in [0.717, 1.165) is 20.8 Å². The van der Waals surface area contributed by atoms with Gasteiger partial charge in [0.1, 0.15) is 25.6 Å². The predicted molar refractivity (Wildman–Crippen MR) is 119 cm³/mol. The zero-order valence-electron chi connectivity index (χ0n) is 20.7. The topological polar surface area (TPSA) is 159 Å². The second-order valence-corrected chi connectivity index (χ2v) is 8.26. The summed E-state index contributed by atoms with van der Waals surface area (Å²) in [5.41, 5.74) is 0.741. The van der Waals surface area contributed by atoms with Gasteiger partial charge in [-0.1, -0.05) is 6.08 Å². The highest BCUT2D eigenvalue weighted by molar-refractivity contribution is 5.94. The van der Waals surface area contributed by atoms with Crippen LogP contribution in [0.3, 0.4) is 0 Å². The van der Waals surface area contributed by atoms with Crippen molar-refractivity contribution in [1.29, 1.82) is 0 Å². The average molecular weight is 524 g/mol. The molecule has 0 radical (unpaired) electrons. The molecular weight excluding hydrogens is 496 g/mol. The van der Waals surface area contributed by atoms with Crippen LogP contribution in [0.2, 0.25) is 0 Å². The number of carbonyl (C=O) groups is 5. The highest BCUT2D eigenvalue weighted by Crippen LogP contribution is 2.37. The Bertz CT molecular complexity index is 1010. The van der Waals surface area contributed by atoms with E-state index in [-0.39, 0.29) is 12.2 Å². The third kappa shape index (κ3) is 6.74. The number of rotatable bonds is 8. The Hall–Kier alpha value is -3.71. The Morgan fingerprint density at radius 1 is 0.946 bits per heavy atom. The summed E-state index contributed by atoms with van der Waals surface area (Å²) in [6.07, 6.45) is -3.58. The molecule has 3 aliphatic rings. The van der Waals surface area contributed by atoms with Gasteiger partial charge >= 0.3 is 29.8 Å². The van der Waals surface area contributed by atoms with Crippen molar-refractivity contribution in [3.05, 3.63) is 36.1 Å². The molecule has 1 fully saturated rings. The molecule has 202 valence electrons. The van der Waals surface area contributed by atoms with Crippen LogP contribution in [0.15, 0.2) is 36.1 Å². The second-order valence-electron chi connectivity index (χ2n) is 8.26. The fourth-order valence-corrected chi connectivity index (χ4v) is 4.10. The van der Waals surface area contributed by atoms with Crippen LogP contribution in [0.5, 0.6) is 0 Å². The van der Waals surface area contributed by atoms with Crippen molar-refractivity contribution in [3.63, 3.8) is 0 Å². The van der Waals surface area contributed by atoms with E-state index in [1.807, 2.05) is 0 Å². The maximum atomic E-state index is 12.1. The van der Waals surface area contributed by atoms with Crippen LogP contribution in [0, 0.1) is 5.92 Å². The minimum atomic E-state index is -1.46. The second kappa shape index (κ2) is 12.0. The molecule has 3 aliphatic heterocycles. The number of ether oxygens (including phenoxy) is 8. The van der Waals surface area contributed by atoms with Gasteiger partial charge in [-0.3, -0.25) is 19.2 Å². The number of fused-ring (bicyclic) bond motifs is 1. The quantitative estimate of drug-likeness (QED) is 0.247. The van der Waals surface area contributed by atoms with Gasteiger partial charge in [0.15, 0.2) is 18.3 Å². The van der Waals surface area contributed by atoms with Crippen LogP contribution >= 0.6 is 0 Å². The van der Waals surface area contributed by atoms with Gasteiger partial charge in [-0.2, -0.15) is 0 Å². The Balaban J connectivity index is 1.97. The van der Waals surface area contributed by atoms with Gasteiger partial charge in [0.25, 0.3) is 0 Å². The van der Waals surface area contributed by atoms with Crippen molar-refractivity contribution in [2.24, 2.45) is 5.92 Å². The largest absolute Gasteiger partial charge is 0.471 e. The van der Waals surface area contributed by atoms with Crippen molar-refractivity contribution in [1.82, 2.24) is 0 Å². The van der Waals surface area contributed by atoms with E-state index in [1.54, 1.807) is 6.08 Å². The van der Waals surface area contributed by atoms with Gasteiger partial charge in [0, 0.05) is 27.7 Å². The van der Waals surface area contributed by atoms with Gasteiger partial charge in [-0.15, -0.1) is 6.58 Å². The van der Waals surface area contributed by atoms with E-state index in [9.17, 15) is 24.0 Å². The lowest BCUT2D eigenvalue weighted by Crippen LogP contribution is -2.63. The number of hydrogen-bond acceptors (Lipinski definition) is 13. The minimum Gasteiger partial charge on any atom is -0.471 e. The summed E-state index contributed by atoms with van der Waals surface area (Å²) >= 11 is 0. The third-order valence-corrected chi connectivity index (χ3v) is 5.49. The number of esters is 5. The lowest BCUT2D eigenvalue weighted by atomic mass is 9.89. The average Bonchev–Trinajstić information content (AvgIpc) is 2.80. The van der Waals surface area contributed by atoms with Crippen LogP contribution in [0.25, 0.3) is 0 Å². The fourth-order valence-electron chi connectivity index (χ4n) is 4.10. The van der Waals surface area contributed by atoms with E-state index < -0.39 is 79.4 Å². The van der Waals surface area contributed by atoms with Gasteiger partial charge in [0.2, 0.25) is 12.6 Å². The van der Waals surface area contributed by atoms with Crippen molar-refractivity contribution in [2.75, 3.05) is 13.2 Å². The predicted octanol–water partition coefficient (Wildman–Crippen LogP) is 0.612. The monoisotopic (exact) mass is 524 g/mol.